The second-order valence-electron chi connectivity index (χ2n) is 7.71. The van der Waals surface area contributed by atoms with Crippen molar-refractivity contribution in [3.8, 4) is 11.3 Å². The first-order valence-electron chi connectivity index (χ1n) is 10.4. The van der Waals surface area contributed by atoms with Gasteiger partial charge < -0.3 is 23.9 Å². The Kier molecular flexibility index (Phi) is 5.17. The number of aliphatic hydroxyl groups excluding tert-OH is 1. The van der Waals surface area contributed by atoms with Gasteiger partial charge in [-0.3, -0.25) is 13.9 Å². The highest BCUT2D eigenvalue weighted by Gasteiger charge is 2.50. The minimum absolute atomic E-state index is 0.0519. The van der Waals surface area contributed by atoms with Gasteiger partial charge in [0.05, 0.1) is 12.3 Å². The predicted octanol–water partition coefficient (Wildman–Crippen LogP) is 2.21. The van der Waals surface area contributed by atoms with Gasteiger partial charge >= 0.3 is 8.25 Å². The zero-order chi connectivity index (χ0) is 22.7. The number of hydrogen-bond acceptors (Lipinski definition) is 9. The molecule has 3 aromatic heterocycles. The van der Waals surface area contributed by atoms with E-state index in [1.54, 1.807) is 10.8 Å². The molecule has 5 atom stereocenters. The molecule has 11 nitrogen and oxygen atoms in total. The van der Waals surface area contributed by atoms with Gasteiger partial charge in [0.15, 0.2) is 22.5 Å². The summed E-state index contributed by atoms with van der Waals surface area (Å²) in [5, 5.41) is 11.4. The maximum atomic E-state index is 13.3. The van der Waals surface area contributed by atoms with Gasteiger partial charge in [-0.05, 0) is 11.3 Å². The van der Waals surface area contributed by atoms with E-state index in [1.165, 1.54) is 16.2 Å². The third-order valence-electron chi connectivity index (χ3n) is 5.74. The summed E-state index contributed by atoms with van der Waals surface area (Å²) >= 11 is 1.40. The van der Waals surface area contributed by atoms with Crippen LogP contribution in [-0.2, 0) is 18.3 Å². The molecule has 4 aromatic rings. The van der Waals surface area contributed by atoms with Gasteiger partial charge in [-0.25, -0.2) is 9.38 Å². The summed E-state index contributed by atoms with van der Waals surface area (Å²) < 4.78 is 31.2. The Bertz CT molecular complexity index is 1440. The summed E-state index contributed by atoms with van der Waals surface area (Å²) in [6.45, 7) is 2.01. The van der Waals surface area contributed by atoms with Gasteiger partial charge in [-0.2, -0.15) is 4.98 Å². The molecule has 2 N–H and O–H groups in total. The average molecular weight is 489 g/mol. The standard InChI is InChI=1S/C20H20N5O6PS/c1-2-33-20-22-13-16(25(20)18-14(26)15-12(30-18)9-29-32(28)31-15)23-19-21-11(8-24(19)17(13)27)10-6-4-3-5-7-10/h3-8,12,14-15,18,26,32H,2,9H2,1H3,(H,21,23)/t12?,14-,15+,18+/m0/s1. The van der Waals surface area contributed by atoms with Gasteiger partial charge in [-0.1, -0.05) is 49.0 Å². The number of hydrogen-bond donors (Lipinski definition) is 2. The van der Waals surface area contributed by atoms with Crippen LogP contribution in [0.15, 0.2) is 46.5 Å². The van der Waals surface area contributed by atoms with Crippen molar-refractivity contribution in [1.82, 2.24) is 23.9 Å². The normalized spacial score (nSPS) is 27.4. The molecule has 2 saturated heterocycles. The summed E-state index contributed by atoms with van der Waals surface area (Å²) in [5.74, 6) is 1.03. The number of thioether (sulfide) groups is 1. The van der Waals surface area contributed by atoms with Crippen molar-refractivity contribution >= 4 is 37.0 Å². The van der Waals surface area contributed by atoms with Gasteiger partial charge in [0.1, 0.15) is 18.3 Å². The van der Waals surface area contributed by atoms with Crippen LogP contribution in [0.4, 0.5) is 0 Å². The topological polar surface area (TPSA) is 133 Å². The van der Waals surface area contributed by atoms with E-state index < -0.39 is 32.8 Å². The first-order chi connectivity index (χ1) is 16.0. The number of imidazole rings is 2. The van der Waals surface area contributed by atoms with Crippen molar-refractivity contribution in [2.24, 2.45) is 0 Å². The summed E-state index contributed by atoms with van der Waals surface area (Å²) in [6.07, 6.45) is -1.75. The molecular weight excluding hydrogens is 469 g/mol. The summed E-state index contributed by atoms with van der Waals surface area (Å²) in [5.41, 5.74) is 1.77. The van der Waals surface area contributed by atoms with E-state index in [0.717, 1.165) is 11.3 Å². The molecule has 2 aliphatic rings. The minimum Gasteiger partial charge on any atom is -0.386 e. The number of aliphatic hydroxyl groups is 1. The van der Waals surface area contributed by atoms with Crippen LogP contribution in [0.25, 0.3) is 28.2 Å². The molecule has 0 amide bonds. The van der Waals surface area contributed by atoms with Crippen LogP contribution in [0.3, 0.4) is 0 Å². The minimum atomic E-state index is -2.68. The van der Waals surface area contributed by atoms with Crippen molar-refractivity contribution in [2.75, 3.05) is 12.4 Å². The number of ether oxygens (including phenoxy) is 1. The van der Waals surface area contributed by atoms with Crippen LogP contribution in [0.5, 0.6) is 0 Å². The average Bonchev–Trinajstić information content (AvgIpc) is 3.49. The van der Waals surface area contributed by atoms with Crippen LogP contribution in [0, 0.1) is 0 Å². The highest BCUT2D eigenvalue weighted by molar-refractivity contribution is 7.99. The number of nitrogens with one attached hydrogen (secondary N) is 1. The Morgan fingerprint density at radius 2 is 2.12 bits per heavy atom. The number of nitrogens with zero attached hydrogens (tertiary/aromatic N) is 4. The summed E-state index contributed by atoms with van der Waals surface area (Å²) in [4.78, 5) is 25.7. The molecule has 0 spiro atoms. The van der Waals surface area contributed by atoms with Crippen molar-refractivity contribution in [1.29, 1.82) is 0 Å². The fraction of sp³-hybridized carbons (Fsp3) is 0.350. The maximum Gasteiger partial charge on any atom is 0.319 e. The second-order valence-corrected chi connectivity index (χ2v) is 9.97. The first-order valence-corrected chi connectivity index (χ1v) is 12.6. The fourth-order valence-electron chi connectivity index (χ4n) is 4.24. The van der Waals surface area contributed by atoms with Crippen molar-refractivity contribution in [3.63, 3.8) is 0 Å². The zero-order valence-corrected chi connectivity index (χ0v) is 19.2. The molecule has 6 rings (SSSR count). The van der Waals surface area contributed by atoms with Crippen molar-refractivity contribution in [2.45, 2.75) is 36.6 Å². The molecule has 2 unspecified atom stereocenters. The molecule has 13 heteroatoms. The monoisotopic (exact) mass is 489 g/mol. The highest BCUT2D eigenvalue weighted by atomic mass is 32.2. The summed E-state index contributed by atoms with van der Waals surface area (Å²) in [6, 6.07) is 9.61. The van der Waals surface area contributed by atoms with Crippen LogP contribution in [-0.4, -0.2) is 59.7 Å². The Balaban J connectivity index is 1.52. The molecule has 0 radical (unpaired) electrons. The summed E-state index contributed by atoms with van der Waals surface area (Å²) in [7, 11) is -2.68. The van der Waals surface area contributed by atoms with Crippen molar-refractivity contribution in [3.05, 3.63) is 46.9 Å². The van der Waals surface area contributed by atoms with Crippen LogP contribution in [0.2, 0.25) is 0 Å². The van der Waals surface area contributed by atoms with E-state index >= 15 is 0 Å². The van der Waals surface area contributed by atoms with Crippen LogP contribution >= 0.6 is 20.0 Å². The van der Waals surface area contributed by atoms with E-state index in [4.69, 9.17) is 13.8 Å². The number of H-pyrrole nitrogens is 1. The maximum absolute atomic E-state index is 13.3. The van der Waals surface area contributed by atoms with Gasteiger partial charge in [0.2, 0.25) is 5.78 Å². The molecule has 172 valence electrons. The van der Waals surface area contributed by atoms with Gasteiger partial charge in [0, 0.05) is 6.20 Å². The number of rotatable bonds is 4. The quantitative estimate of drug-likeness (QED) is 0.327. The van der Waals surface area contributed by atoms with E-state index in [2.05, 4.69) is 15.0 Å². The Hall–Kier alpha value is -2.47. The molecule has 0 saturated carbocycles. The number of aromatic amines is 1. The number of fused-ring (bicyclic) bond motifs is 3. The first kappa shape index (κ1) is 21.1. The predicted molar refractivity (Wildman–Crippen MR) is 121 cm³/mol. The molecule has 2 fully saturated rings. The van der Waals surface area contributed by atoms with E-state index in [9.17, 15) is 14.5 Å². The van der Waals surface area contributed by atoms with Crippen LogP contribution in [0.1, 0.15) is 13.2 Å². The largest absolute Gasteiger partial charge is 0.386 e. The third-order valence-corrected chi connectivity index (χ3v) is 7.44. The Morgan fingerprint density at radius 3 is 2.91 bits per heavy atom. The lowest BCUT2D eigenvalue weighted by atomic mass is 10.1. The van der Waals surface area contributed by atoms with E-state index in [0.29, 0.717) is 16.7 Å². The molecule has 5 heterocycles. The molecule has 2 aliphatic heterocycles. The SMILES string of the molecule is CCSc1nc2c(=O)n3cc(-c4ccccc4)[nH]c3nc2n1[C@@H]1OC2CO[PH](=O)O[C@H]2[C@@H]1O. The van der Waals surface area contributed by atoms with E-state index in [-0.39, 0.29) is 23.3 Å². The zero-order valence-electron chi connectivity index (χ0n) is 17.4. The molecule has 33 heavy (non-hydrogen) atoms. The lowest BCUT2D eigenvalue weighted by molar-refractivity contribution is -0.0583. The van der Waals surface area contributed by atoms with E-state index in [1.807, 2.05) is 37.3 Å². The number of benzene rings is 1. The smallest absolute Gasteiger partial charge is 0.319 e. The third kappa shape index (κ3) is 3.37. The van der Waals surface area contributed by atoms with Gasteiger partial charge in [-0.15, -0.1) is 0 Å². The molecule has 0 aliphatic carbocycles. The lowest BCUT2D eigenvalue weighted by Gasteiger charge is -2.24. The highest BCUT2D eigenvalue weighted by Crippen LogP contribution is 2.44. The van der Waals surface area contributed by atoms with Gasteiger partial charge in [0.25, 0.3) is 5.56 Å². The molecule has 0 bridgehead atoms. The molecular formula is C20H20N5O6PS. The second kappa shape index (κ2) is 8.08. The Morgan fingerprint density at radius 1 is 1.30 bits per heavy atom. The lowest BCUT2D eigenvalue weighted by Crippen LogP contribution is -2.37. The van der Waals surface area contributed by atoms with Crippen LogP contribution < -0.4 is 5.56 Å². The number of aromatic nitrogens is 5. The molecule has 1 aromatic carbocycles. The Labute approximate surface area is 191 Å². The fourth-order valence-corrected chi connectivity index (χ4v) is 5.87. The van der Waals surface area contributed by atoms with Crippen molar-refractivity contribution < 1.29 is 23.5 Å².